The zero-order valence-electron chi connectivity index (χ0n) is 13.2. The van der Waals surface area contributed by atoms with Crippen molar-refractivity contribution in [2.75, 3.05) is 5.32 Å². The molecule has 2 heterocycles. The summed E-state index contributed by atoms with van der Waals surface area (Å²) in [6.07, 6.45) is 3.49. The highest BCUT2D eigenvalue weighted by molar-refractivity contribution is 6.03. The second-order valence-corrected chi connectivity index (χ2v) is 6.11. The third-order valence-electron chi connectivity index (χ3n) is 4.55. The van der Waals surface area contributed by atoms with Gasteiger partial charge in [0.05, 0.1) is 11.2 Å². The Labute approximate surface area is 137 Å². The second kappa shape index (κ2) is 5.59. The maximum Gasteiger partial charge on any atom is 0.281 e. The van der Waals surface area contributed by atoms with E-state index in [9.17, 15) is 9.59 Å². The lowest BCUT2D eigenvalue weighted by molar-refractivity contribution is 0.101. The predicted molar refractivity (Wildman–Crippen MR) is 90.1 cm³/mol. The van der Waals surface area contributed by atoms with Crippen molar-refractivity contribution in [2.24, 2.45) is 7.05 Å². The Morgan fingerprint density at radius 2 is 2.12 bits per heavy atom. The van der Waals surface area contributed by atoms with Gasteiger partial charge >= 0.3 is 0 Å². The average molecular weight is 323 g/mol. The molecule has 1 fully saturated rings. The Bertz CT molecular complexity index is 984. The van der Waals surface area contributed by atoms with E-state index in [-0.39, 0.29) is 11.1 Å². The molecule has 7 heteroatoms. The van der Waals surface area contributed by atoms with Crippen LogP contribution in [0.1, 0.15) is 41.4 Å². The van der Waals surface area contributed by atoms with Gasteiger partial charge in [0.25, 0.3) is 5.91 Å². The third-order valence-corrected chi connectivity index (χ3v) is 4.55. The minimum atomic E-state index is -0.537. The molecular weight excluding hydrogens is 306 g/mol. The SMILES string of the molecule is Cn1nc(C2CCC2)cc1NC(=O)c1n[nH]c2ccccc2c1=O. The van der Waals surface area contributed by atoms with Gasteiger partial charge in [-0.15, -0.1) is 0 Å². The molecule has 7 nitrogen and oxygen atoms in total. The first-order chi connectivity index (χ1) is 11.6. The fourth-order valence-corrected chi connectivity index (χ4v) is 2.91. The molecule has 1 amide bonds. The summed E-state index contributed by atoms with van der Waals surface area (Å²) in [6, 6.07) is 8.85. The van der Waals surface area contributed by atoms with Crippen LogP contribution in [-0.2, 0) is 7.05 Å². The number of H-pyrrole nitrogens is 1. The standard InChI is InChI=1S/C17H17N5O2/c1-22-14(9-13(21-22)10-5-4-6-10)18-17(24)15-16(23)11-7-2-3-8-12(11)19-20-15/h2-3,7-10H,4-6H2,1H3,(H,18,24)(H,19,23). The molecule has 2 aromatic heterocycles. The van der Waals surface area contributed by atoms with E-state index in [0.717, 1.165) is 18.5 Å². The summed E-state index contributed by atoms with van der Waals surface area (Å²) in [5, 5.41) is 14.3. The Morgan fingerprint density at radius 3 is 2.88 bits per heavy atom. The highest BCUT2D eigenvalue weighted by Crippen LogP contribution is 2.36. The van der Waals surface area contributed by atoms with Gasteiger partial charge in [0, 0.05) is 24.4 Å². The smallest absolute Gasteiger partial charge is 0.281 e. The largest absolute Gasteiger partial charge is 0.305 e. The number of benzene rings is 1. The van der Waals surface area contributed by atoms with Gasteiger partial charge in [-0.05, 0) is 25.0 Å². The normalized spacial score (nSPS) is 14.5. The molecule has 122 valence electrons. The highest BCUT2D eigenvalue weighted by atomic mass is 16.2. The molecule has 1 aliphatic carbocycles. The fourth-order valence-electron chi connectivity index (χ4n) is 2.91. The van der Waals surface area contributed by atoms with Crippen molar-refractivity contribution in [1.82, 2.24) is 20.0 Å². The van der Waals surface area contributed by atoms with Crippen LogP contribution < -0.4 is 10.7 Å². The number of para-hydroxylation sites is 1. The molecule has 2 N–H and O–H groups in total. The number of nitrogens with one attached hydrogen (secondary N) is 2. The van der Waals surface area contributed by atoms with E-state index in [2.05, 4.69) is 20.6 Å². The van der Waals surface area contributed by atoms with Crippen LogP contribution in [-0.4, -0.2) is 25.9 Å². The molecule has 1 aromatic carbocycles. The lowest BCUT2D eigenvalue weighted by atomic mass is 9.83. The summed E-state index contributed by atoms with van der Waals surface area (Å²) < 4.78 is 1.63. The van der Waals surface area contributed by atoms with Gasteiger partial charge in [0.2, 0.25) is 5.43 Å². The quantitative estimate of drug-likeness (QED) is 0.772. The topological polar surface area (TPSA) is 92.7 Å². The van der Waals surface area contributed by atoms with Crippen molar-refractivity contribution >= 4 is 22.6 Å². The summed E-state index contributed by atoms with van der Waals surface area (Å²) >= 11 is 0. The number of fused-ring (bicyclic) bond motifs is 1. The number of carbonyl (C=O) groups excluding carboxylic acids is 1. The number of amides is 1. The van der Waals surface area contributed by atoms with Crippen molar-refractivity contribution in [3.63, 3.8) is 0 Å². The number of anilines is 1. The summed E-state index contributed by atoms with van der Waals surface area (Å²) in [5.74, 6) is 0.505. The number of rotatable bonds is 3. The van der Waals surface area contributed by atoms with Crippen LogP contribution >= 0.6 is 0 Å². The van der Waals surface area contributed by atoms with Gasteiger partial charge in [0.15, 0.2) is 5.69 Å². The fraction of sp³-hybridized carbons (Fsp3) is 0.294. The van der Waals surface area contributed by atoms with E-state index in [1.807, 2.05) is 6.07 Å². The molecule has 0 bridgehead atoms. The van der Waals surface area contributed by atoms with Crippen LogP contribution in [0.3, 0.4) is 0 Å². The van der Waals surface area contributed by atoms with Crippen LogP contribution in [0.15, 0.2) is 35.1 Å². The Balaban J connectivity index is 1.64. The maximum atomic E-state index is 12.5. The summed E-state index contributed by atoms with van der Waals surface area (Å²) in [4.78, 5) is 24.9. The maximum absolute atomic E-state index is 12.5. The summed E-state index contributed by atoms with van der Waals surface area (Å²) in [5.41, 5.74) is 1.05. The van der Waals surface area contributed by atoms with Crippen molar-refractivity contribution in [1.29, 1.82) is 0 Å². The molecule has 4 rings (SSSR count). The number of hydrogen-bond acceptors (Lipinski definition) is 4. The van der Waals surface area contributed by atoms with Crippen LogP contribution in [0.25, 0.3) is 10.9 Å². The van der Waals surface area contributed by atoms with E-state index in [4.69, 9.17) is 0 Å². The number of carbonyl (C=O) groups is 1. The molecule has 0 radical (unpaired) electrons. The minimum Gasteiger partial charge on any atom is -0.305 e. The molecule has 1 saturated carbocycles. The van der Waals surface area contributed by atoms with Crippen molar-refractivity contribution in [3.05, 3.63) is 51.9 Å². The highest BCUT2D eigenvalue weighted by Gasteiger charge is 2.24. The van der Waals surface area contributed by atoms with E-state index >= 15 is 0 Å². The van der Waals surface area contributed by atoms with Gasteiger partial charge in [0.1, 0.15) is 5.82 Å². The van der Waals surface area contributed by atoms with Gasteiger partial charge < -0.3 is 5.32 Å². The van der Waals surface area contributed by atoms with Crippen molar-refractivity contribution < 1.29 is 4.79 Å². The van der Waals surface area contributed by atoms with Gasteiger partial charge in [-0.25, -0.2) is 0 Å². The van der Waals surface area contributed by atoms with Crippen LogP contribution in [0.5, 0.6) is 0 Å². The average Bonchev–Trinajstić information content (AvgIpc) is 2.86. The number of aryl methyl sites for hydroxylation is 1. The van der Waals surface area contributed by atoms with Crippen LogP contribution in [0, 0.1) is 0 Å². The molecule has 0 saturated heterocycles. The Hall–Kier alpha value is -2.96. The molecule has 0 spiro atoms. The lowest BCUT2D eigenvalue weighted by Gasteiger charge is -2.22. The number of aromatic amines is 1. The van der Waals surface area contributed by atoms with Crippen LogP contribution in [0.4, 0.5) is 5.82 Å². The first kappa shape index (κ1) is 14.6. The lowest BCUT2D eigenvalue weighted by Crippen LogP contribution is -2.25. The van der Waals surface area contributed by atoms with E-state index < -0.39 is 5.91 Å². The molecule has 0 atom stereocenters. The second-order valence-electron chi connectivity index (χ2n) is 6.11. The third kappa shape index (κ3) is 2.38. The van der Waals surface area contributed by atoms with Gasteiger partial charge in [-0.2, -0.15) is 10.2 Å². The number of nitrogens with zero attached hydrogens (tertiary/aromatic N) is 3. The van der Waals surface area contributed by atoms with Gasteiger partial charge in [-0.3, -0.25) is 19.4 Å². The Morgan fingerprint density at radius 1 is 1.33 bits per heavy atom. The zero-order chi connectivity index (χ0) is 16.7. The van der Waals surface area contributed by atoms with E-state index in [1.165, 1.54) is 6.42 Å². The first-order valence-electron chi connectivity index (χ1n) is 7.96. The number of aromatic nitrogens is 4. The van der Waals surface area contributed by atoms with Crippen molar-refractivity contribution in [2.45, 2.75) is 25.2 Å². The summed E-state index contributed by atoms with van der Waals surface area (Å²) in [7, 11) is 1.77. The van der Waals surface area contributed by atoms with Gasteiger partial charge in [-0.1, -0.05) is 18.6 Å². The minimum absolute atomic E-state index is 0.153. The molecule has 24 heavy (non-hydrogen) atoms. The van der Waals surface area contributed by atoms with Crippen molar-refractivity contribution in [3.8, 4) is 0 Å². The molecule has 0 aliphatic heterocycles. The number of hydrogen-bond donors (Lipinski definition) is 2. The Kier molecular flexibility index (Phi) is 3.41. The zero-order valence-corrected chi connectivity index (χ0v) is 13.2. The first-order valence-corrected chi connectivity index (χ1v) is 7.96. The summed E-state index contributed by atoms with van der Waals surface area (Å²) in [6.45, 7) is 0. The predicted octanol–water partition coefficient (Wildman–Crippen LogP) is 2.18. The molecule has 1 aliphatic rings. The molecule has 0 unspecified atom stereocenters. The van der Waals surface area contributed by atoms with E-state index in [0.29, 0.717) is 22.6 Å². The van der Waals surface area contributed by atoms with Crippen LogP contribution in [0.2, 0.25) is 0 Å². The molecular formula is C17H17N5O2. The monoisotopic (exact) mass is 323 g/mol. The van der Waals surface area contributed by atoms with E-state index in [1.54, 1.807) is 36.0 Å². The molecule has 3 aromatic rings.